The van der Waals surface area contributed by atoms with E-state index >= 15 is 0 Å². The minimum atomic E-state index is -1.90. The smallest absolute Gasteiger partial charge is 0.261 e. The number of nitrogens with one attached hydrogen (secondary N) is 1. The molecule has 0 fully saturated rings. The van der Waals surface area contributed by atoms with E-state index in [0.29, 0.717) is 21.8 Å². The van der Waals surface area contributed by atoms with Gasteiger partial charge in [0.2, 0.25) is 0 Å². The Morgan fingerprint density at radius 2 is 1.96 bits per heavy atom. The zero-order chi connectivity index (χ0) is 17.3. The van der Waals surface area contributed by atoms with Crippen LogP contribution in [0.1, 0.15) is 24.5 Å². The van der Waals surface area contributed by atoms with Gasteiger partial charge in [0.05, 0.1) is 6.42 Å². The largest absolute Gasteiger partial charge is 0.375 e. The average molecular weight is 342 g/mol. The second-order valence-electron chi connectivity index (χ2n) is 5.84. The van der Waals surface area contributed by atoms with Gasteiger partial charge in [-0.2, -0.15) is 0 Å². The average Bonchev–Trinajstić information content (AvgIpc) is 2.79. The maximum absolute atomic E-state index is 12.5. The summed E-state index contributed by atoms with van der Waals surface area (Å²) in [6.07, 6.45) is 1.40. The number of carbonyl (C=O) groups excluding carboxylic acids is 2. The normalized spacial score (nSPS) is 19.8. The van der Waals surface area contributed by atoms with E-state index in [9.17, 15) is 14.7 Å². The number of ketones is 1. The number of benzene rings is 2. The lowest BCUT2D eigenvalue weighted by Crippen LogP contribution is -2.36. The van der Waals surface area contributed by atoms with Gasteiger partial charge in [0, 0.05) is 16.3 Å². The van der Waals surface area contributed by atoms with Crippen LogP contribution in [0.2, 0.25) is 5.02 Å². The molecule has 0 saturated carbocycles. The van der Waals surface area contributed by atoms with Gasteiger partial charge >= 0.3 is 0 Å². The highest BCUT2D eigenvalue weighted by molar-refractivity contribution is 6.31. The molecule has 1 amide bonds. The lowest BCUT2D eigenvalue weighted by atomic mass is 9.88. The molecule has 2 N–H and O–H groups in total. The first-order valence-electron chi connectivity index (χ1n) is 7.50. The first-order chi connectivity index (χ1) is 11.4. The highest BCUT2D eigenvalue weighted by Crippen LogP contribution is 2.40. The molecule has 1 atom stereocenters. The van der Waals surface area contributed by atoms with Gasteiger partial charge in [0.1, 0.15) is 0 Å². The van der Waals surface area contributed by atoms with Crippen LogP contribution in [0.4, 0.5) is 5.69 Å². The molecule has 1 heterocycles. The molecule has 2 aromatic rings. The van der Waals surface area contributed by atoms with Crippen molar-refractivity contribution in [2.75, 3.05) is 5.32 Å². The maximum Gasteiger partial charge on any atom is 0.261 e. The van der Waals surface area contributed by atoms with Gasteiger partial charge in [-0.1, -0.05) is 41.9 Å². The number of anilines is 1. The molecule has 0 radical (unpaired) electrons. The first kappa shape index (κ1) is 16.4. The van der Waals surface area contributed by atoms with E-state index in [0.717, 1.165) is 5.56 Å². The molecule has 0 aliphatic carbocycles. The van der Waals surface area contributed by atoms with Gasteiger partial charge in [0.25, 0.3) is 5.91 Å². The van der Waals surface area contributed by atoms with Crippen LogP contribution in [0, 0.1) is 0 Å². The Balaban J connectivity index is 1.88. The van der Waals surface area contributed by atoms with Crippen molar-refractivity contribution < 1.29 is 14.7 Å². The molecule has 0 saturated heterocycles. The molecule has 0 bridgehead atoms. The molecule has 1 aliphatic heterocycles. The SMILES string of the molecule is C/C(=C\c1ccccc1)C(=O)CC1(O)C(=O)Nc2ccc(Cl)cc21. The lowest BCUT2D eigenvalue weighted by Gasteiger charge is -2.20. The number of Topliss-reactive ketones (excluding diaryl/α,β-unsaturated/α-hetero) is 1. The third-order valence-electron chi connectivity index (χ3n) is 4.09. The van der Waals surface area contributed by atoms with Crippen molar-refractivity contribution >= 4 is 35.1 Å². The van der Waals surface area contributed by atoms with Crippen molar-refractivity contribution in [2.45, 2.75) is 18.9 Å². The van der Waals surface area contributed by atoms with E-state index in [2.05, 4.69) is 5.32 Å². The zero-order valence-corrected chi connectivity index (χ0v) is 13.8. The quantitative estimate of drug-likeness (QED) is 0.836. The second kappa shape index (κ2) is 6.23. The minimum absolute atomic E-state index is 0.302. The third-order valence-corrected chi connectivity index (χ3v) is 4.33. The fourth-order valence-electron chi connectivity index (χ4n) is 2.74. The van der Waals surface area contributed by atoms with Crippen molar-refractivity contribution in [1.82, 2.24) is 0 Å². The van der Waals surface area contributed by atoms with E-state index in [1.54, 1.807) is 25.1 Å². The number of hydrogen-bond acceptors (Lipinski definition) is 3. The van der Waals surface area contributed by atoms with Crippen LogP contribution in [0.25, 0.3) is 6.08 Å². The molecule has 1 aliphatic rings. The minimum Gasteiger partial charge on any atom is -0.375 e. The van der Waals surface area contributed by atoms with E-state index in [4.69, 9.17) is 11.6 Å². The van der Waals surface area contributed by atoms with Crippen molar-refractivity contribution in [3.05, 3.63) is 70.3 Å². The van der Waals surface area contributed by atoms with Gasteiger partial charge < -0.3 is 10.4 Å². The molecule has 4 nitrogen and oxygen atoms in total. The van der Waals surface area contributed by atoms with E-state index in [1.165, 1.54) is 6.07 Å². The molecular weight excluding hydrogens is 326 g/mol. The Labute approximate surface area is 144 Å². The lowest BCUT2D eigenvalue weighted by molar-refractivity contribution is -0.138. The summed E-state index contributed by atoms with van der Waals surface area (Å²) in [6, 6.07) is 14.1. The summed E-state index contributed by atoms with van der Waals surface area (Å²) in [5.41, 5.74) is 0.265. The van der Waals surface area contributed by atoms with E-state index < -0.39 is 11.5 Å². The number of aliphatic hydroxyl groups is 1. The standard InChI is InChI=1S/C19H16ClNO3/c1-12(9-13-5-3-2-4-6-13)17(22)11-19(24)15-10-14(20)7-8-16(15)21-18(19)23/h2-10,24H,11H2,1H3,(H,21,23)/b12-9+. The maximum atomic E-state index is 12.5. The van der Waals surface area contributed by atoms with Crippen LogP contribution in [0.5, 0.6) is 0 Å². The van der Waals surface area contributed by atoms with Crippen LogP contribution in [0.3, 0.4) is 0 Å². The molecule has 0 aromatic heterocycles. The topological polar surface area (TPSA) is 66.4 Å². The molecule has 2 aromatic carbocycles. The Morgan fingerprint density at radius 3 is 2.67 bits per heavy atom. The van der Waals surface area contributed by atoms with Gasteiger partial charge in [0.15, 0.2) is 11.4 Å². The molecule has 122 valence electrons. The summed E-state index contributed by atoms with van der Waals surface area (Å²) in [5, 5.41) is 13.8. The summed E-state index contributed by atoms with van der Waals surface area (Å²) in [7, 11) is 0. The van der Waals surface area contributed by atoms with E-state index in [1.807, 2.05) is 30.3 Å². The third kappa shape index (κ3) is 2.98. The van der Waals surface area contributed by atoms with Crippen LogP contribution in [-0.4, -0.2) is 16.8 Å². The molecule has 0 spiro atoms. The summed E-state index contributed by atoms with van der Waals surface area (Å²) in [5.74, 6) is -0.912. The summed E-state index contributed by atoms with van der Waals surface area (Å²) >= 11 is 5.96. The monoisotopic (exact) mass is 341 g/mol. The molecule has 3 rings (SSSR count). The Kier molecular flexibility index (Phi) is 4.26. The highest BCUT2D eigenvalue weighted by atomic mass is 35.5. The van der Waals surface area contributed by atoms with Gasteiger partial charge in [-0.05, 0) is 42.3 Å². The predicted octanol–water partition coefficient (Wildman–Crippen LogP) is 3.54. The Morgan fingerprint density at radius 1 is 1.25 bits per heavy atom. The summed E-state index contributed by atoms with van der Waals surface area (Å²) in [4.78, 5) is 24.7. The van der Waals surface area contributed by atoms with Crippen LogP contribution in [-0.2, 0) is 15.2 Å². The number of hydrogen-bond donors (Lipinski definition) is 2. The number of carbonyl (C=O) groups is 2. The molecular formula is C19H16ClNO3. The summed E-state index contributed by atoms with van der Waals surface area (Å²) < 4.78 is 0. The summed E-state index contributed by atoms with van der Waals surface area (Å²) in [6.45, 7) is 1.67. The fraction of sp³-hybridized carbons (Fsp3) is 0.158. The van der Waals surface area contributed by atoms with Gasteiger partial charge in [-0.3, -0.25) is 9.59 Å². The van der Waals surface area contributed by atoms with Crippen molar-refractivity contribution in [3.8, 4) is 0 Å². The van der Waals surface area contributed by atoms with Crippen LogP contribution in [0.15, 0.2) is 54.1 Å². The number of fused-ring (bicyclic) bond motifs is 1. The zero-order valence-electron chi connectivity index (χ0n) is 13.0. The number of halogens is 1. The Bertz CT molecular complexity index is 845. The van der Waals surface area contributed by atoms with Gasteiger partial charge in [-0.15, -0.1) is 0 Å². The van der Waals surface area contributed by atoms with Crippen molar-refractivity contribution in [1.29, 1.82) is 0 Å². The van der Waals surface area contributed by atoms with Crippen LogP contribution < -0.4 is 5.32 Å². The second-order valence-corrected chi connectivity index (χ2v) is 6.28. The number of rotatable bonds is 4. The van der Waals surface area contributed by atoms with Gasteiger partial charge in [-0.25, -0.2) is 0 Å². The van der Waals surface area contributed by atoms with Crippen LogP contribution >= 0.6 is 11.6 Å². The fourth-order valence-corrected chi connectivity index (χ4v) is 2.91. The molecule has 24 heavy (non-hydrogen) atoms. The highest BCUT2D eigenvalue weighted by Gasteiger charge is 2.46. The van der Waals surface area contributed by atoms with E-state index in [-0.39, 0.29) is 12.2 Å². The van der Waals surface area contributed by atoms with Crippen molar-refractivity contribution in [2.24, 2.45) is 0 Å². The Hall–Kier alpha value is -2.43. The molecule has 1 unspecified atom stereocenters. The molecule has 5 heteroatoms. The number of allylic oxidation sites excluding steroid dienone is 1. The first-order valence-corrected chi connectivity index (χ1v) is 7.88. The van der Waals surface area contributed by atoms with Crippen molar-refractivity contribution in [3.63, 3.8) is 0 Å². The predicted molar refractivity (Wildman–Crippen MR) is 93.7 cm³/mol. The number of amides is 1.